The molecule has 0 atom stereocenters. The average molecular weight is 499 g/mol. The first kappa shape index (κ1) is 22.4. The van der Waals surface area contributed by atoms with Crippen molar-refractivity contribution in [2.45, 2.75) is 51.7 Å². The lowest BCUT2D eigenvalue weighted by molar-refractivity contribution is -0.124. The highest BCUT2D eigenvalue weighted by molar-refractivity contribution is 9.10. The molecule has 1 aliphatic carbocycles. The third-order valence-electron chi connectivity index (χ3n) is 5.92. The minimum atomic E-state index is -0.336. The topological polar surface area (TPSA) is 67.9 Å². The number of urea groups is 1. The average Bonchev–Trinajstić information content (AvgIpc) is 3.07. The van der Waals surface area contributed by atoms with Crippen LogP contribution in [0.1, 0.15) is 48.8 Å². The fraction of sp³-hybridized carbons (Fsp3) is 0.360. The van der Waals surface area contributed by atoms with Gasteiger partial charge in [0.25, 0.3) is 5.91 Å². The maximum absolute atomic E-state index is 12.9. The third-order valence-corrected chi connectivity index (χ3v) is 6.51. The van der Waals surface area contributed by atoms with Gasteiger partial charge in [0.1, 0.15) is 12.3 Å². The van der Waals surface area contributed by atoms with Crippen LogP contribution < -0.4 is 14.8 Å². The second kappa shape index (κ2) is 9.77. The Labute approximate surface area is 196 Å². The molecule has 168 valence electrons. The van der Waals surface area contributed by atoms with Crippen LogP contribution in [0.4, 0.5) is 4.79 Å². The molecule has 2 fully saturated rings. The van der Waals surface area contributed by atoms with Crippen LogP contribution in [0.5, 0.6) is 11.5 Å². The third kappa shape index (κ3) is 4.83. The van der Waals surface area contributed by atoms with Crippen molar-refractivity contribution in [3.05, 3.63) is 63.3 Å². The van der Waals surface area contributed by atoms with Gasteiger partial charge in [-0.25, -0.2) is 4.79 Å². The minimum Gasteiger partial charge on any atom is -0.493 e. The van der Waals surface area contributed by atoms with Crippen LogP contribution >= 0.6 is 15.9 Å². The highest BCUT2D eigenvalue weighted by Crippen LogP contribution is 2.38. The zero-order chi connectivity index (χ0) is 22.7. The van der Waals surface area contributed by atoms with Crippen molar-refractivity contribution >= 4 is 33.9 Å². The summed E-state index contributed by atoms with van der Waals surface area (Å²) in [6.07, 6.45) is 6.69. The molecule has 1 heterocycles. The first-order chi connectivity index (χ1) is 15.5. The number of methoxy groups -OCH3 is 1. The van der Waals surface area contributed by atoms with Gasteiger partial charge in [-0.15, -0.1) is 0 Å². The quantitative estimate of drug-likeness (QED) is 0.417. The fourth-order valence-electron chi connectivity index (χ4n) is 4.19. The SMILES string of the molecule is COc1cc(/C=C2\NC(=O)N(C3CCCCC3)C2=O)cc(Br)c1OCc1ccc(C)cc1. The van der Waals surface area contributed by atoms with Gasteiger partial charge in [-0.1, -0.05) is 49.1 Å². The monoisotopic (exact) mass is 498 g/mol. The number of nitrogens with one attached hydrogen (secondary N) is 1. The molecule has 7 heteroatoms. The first-order valence-corrected chi connectivity index (χ1v) is 11.7. The van der Waals surface area contributed by atoms with Crippen molar-refractivity contribution in [1.82, 2.24) is 10.2 Å². The van der Waals surface area contributed by atoms with Crippen molar-refractivity contribution in [2.75, 3.05) is 7.11 Å². The summed E-state index contributed by atoms with van der Waals surface area (Å²) >= 11 is 3.56. The van der Waals surface area contributed by atoms with Crippen molar-refractivity contribution in [2.24, 2.45) is 0 Å². The van der Waals surface area contributed by atoms with E-state index < -0.39 is 0 Å². The van der Waals surface area contributed by atoms with Gasteiger partial charge in [0.15, 0.2) is 11.5 Å². The highest BCUT2D eigenvalue weighted by atomic mass is 79.9. The van der Waals surface area contributed by atoms with Crippen LogP contribution in [0, 0.1) is 6.92 Å². The molecule has 32 heavy (non-hydrogen) atoms. The van der Waals surface area contributed by atoms with Gasteiger partial charge in [-0.2, -0.15) is 0 Å². The summed E-state index contributed by atoms with van der Waals surface area (Å²) in [6, 6.07) is 11.4. The van der Waals surface area contributed by atoms with Crippen LogP contribution in [0.15, 0.2) is 46.6 Å². The molecule has 2 aromatic rings. The summed E-state index contributed by atoms with van der Waals surface area (Å²) in [7, 11) is 1.57. The number of hydrogen-bond acceptors (Lipinski definition) is 4. The Morgan fingerprint density at radius 3 is 2.53 bits per heavy atom. The summed E-state index contributed by atoms with van der Waals surface area (Å²) in [4.78, 5) is 26.8. The number of halogens is 1. The van der Waals surface area contributed by atoms with E-state index in [1.165, 1.54) is 10.5 Å². The number of nitrogens with zero attached hydrogens (tertiary/aromatic N) is 1. The Balaban J connectivity index is 1.53. The van der Waals surface area contributed by atoms with Crippen LogP contribution in [-0.2, 0) is 11.4 Å². The van der Waals surface area contributed by atoms with Gasteiger partial charge in [-0.3, -0.25) is 9.69 Å². The first-order valence-electron chi connectivity index (χ1n) is 10.9. The lowest BCUT2D eigenvalue weighted by atomic mass is 9.94. The zero-order valence-corrected chi connectivity index (χ0v) is 19.9. The van der Waals surface area contributed by atoms with Gasteiger partial charge in [-0.05, 0) is 65.0 Å². The molecule has 4 rings (SSSR count). The van der Waals surface area contributed by atoms with Gasteiger partial charge >= 0.3 is 6.03 Å². The molecule has 0 radical (unpaired) electrons. The number of ether oxygens (including phenoxy) is 2. The number of carbonyl (C=O) groups is 2. The second-order valence-corrected chi connectivity index (χ2v) is 9.12. The molecular weight excluding hydrogens is 472 g/mol. The van der Waals surface area contributed by atoms with E-state index >= 15 is 0 Å². The van der Waals surface area contributed by atoms with Gasteiger partial charge < -0.3 is 14.8 Å². The van der Waals surface area contributed by atoms with Crippen molar-refractivity contribution in [1.29, 1.82) is 0 Å². The summed E-state index contributed by atoms with van der Waals surface area (Å²) in [5.41, 5.74) is 3.26. The van der Waals surface area contributed by atoms with Gasteiger partial charge in [0.2, 0.25) is 0 Å². The largest absolute Gasteiger partial charge is 0.493 e. The number of amides is 3. The van der Waals surface area contributed by atoms with Crippen molar-refractivity contribution in [3.63, 3.8) is 0 Å². The summed E-state index contributed by atoms with van der Waals surface area (Å²) < 4.78 is 12.2. The van der Waals surface area contributed by atoms with Crippen LogP contribution in [0.2, 0.25) is 0 Å². The molecule has 6 nitrogen and oxygen atoms in total. The standard InChI is InChI=1S/C25H27BrN2O4/c1-16-8-10-17(11-9-16)15-32-23-20(26)12-18(14-22(23)31-2)13-21-24(29)28(25(30)27-21)19-6-4-3-5-7-19/h8-14,19H,3-7,15H2,1-2H3,(H,27,30)/b21-13-. The predicted octanol–water partition coefficient (Wildman–Crippen LogP) is 5.57. The number of aryl methyl sites for hydroxylation is 1. The van der Waals surface area contributed by atoms with Crippen LogP contribution in [0.3, 0.4) is 0 Å². The number of carbonyl (C=O) groups excluding carboxylic acids is 2. The Morgan fingerprint density at radius 1 is 1.12 bits per heavy atom. The molecule has 0 spiro atoms. The number of imide groups is 1. The lowest BCUT2D eigenvalue weighted by Crippen LogP contribution is -2.41. The van der Waals surface area contributed by atoms with E-state index in [0.29, 0.717) is 22.6 Å². The number of rotatable bonds is 6. The molecule has 2 aliphatic rings. The van der Waals surface area contributed by atoms with E-state index in [2.05, 4.69) is 21.2 Å². The smallest absolute Gasteiger partial charge is 0.329 e. The second-order valence-electron chi connectivity index (χ2n) is 8.26. The molecule has 0 aromatic heterocycles. The Morgan fingerprint density at radius 2 is 1.84 bits per heavy atom. The zero-order valence-electron chi connectivity index (χ0n) is 18.3. The minimum absolute atomic E-state index is 0.0130. The molecule has 1 saturated heterocycles. The van der Waals surface area contributed by atoms with Crippen molar-refractivity contribution < 1.29 is 19.1 Å². The maximum atomic E-state index is 12.9. The fourth-order valence-corrected chi connectivity index (χ4v) is 4.76. The lowest BCUT2D eigenvalue weighted by Gasteiger charge is -2.28. The molecule has 2 aromatic carbocycles. The molecule has 0 unspecified atom stereocenters. The van der Waals surface area contributed by atoms with E-state index in [1.807, 2.05) is 37.3 Å². The van der Waals surface area contributed by atoms with Crippen molar-refractivity contribution in [3.8, 4) is 11.5 Å². The molecule has 1 N–H and O–H groups in total. The summed E-state index contributed by atoms with van der Waals surface area (Å²) in [6.45, 7) is 2.45. The predicted molar refractivity (Wildman–Crippen MR) is 126 cm³/mol. The van der Waals surface area contributed by atoms with E-state index in [1.54, 1.807) is 19.3 Å². The van der Waals surface area contributed by atoms with E-state index in [4.69, 9.17) is 9.47 Å². The van der Waals surface area contributed by atoms with Gasteiger partial charge in [0, 0.05) is 6.04 Å². The number of hydrogen-bond donors (Lipinski definition) is 1. The Bertz CT molecular complexity index is 1040. The summed E-state index contributed by atoms with van der Waals surface area (Å²) in [5.74, 6) is 0.858. The maximum Gasteiger partial charge on any atom is 0.329 e. The highest BCUT2D eigenvalue weighted by Gasteiger charge is 2.39. The molecule has 3 amide bonds. The van der Waals surface area contributed by atoms with E-state index in [9.17, 15) is 9.59 Å². The summed E-state index contributed by atoms with van der Waals surface area (Å²) in [5, 5.41) is 2.73. The van der Waals surface area contributed by atoms with Crippen LogP contribution in [0.25, 0.3) is 6.08 Å². The number of benzene rings is 2. The van der Waals surface area contributed by atoms with E-state index in [0.717, 1.165) is 43.2 Å². The molecule has 1 aliphatic heterocycles. The Hall–Kier alpha value is -2.80. The Kier molecular flexibility index (Phi) is 6.84. The normalized spacial score (nSPS) is 18.2. The van der Waals surface area contributed by atoms with Crippen LogP contribution in [-0.4, -0.2) is 30.0 Å². The van der Waals surface area contributed by atoms with E-state index in [-0.39, 0.29) is 23.7 Å². The molecule has 1 saturated carbocycles. The molecule has 0 bridgehead atoms. The molecular formula is C25H27BrN2O4. The van der Waals surface area contributed by atoms with Gasteiger partial charge in [0.05, 0.1) is 11.6 Å².